The maximum absolute atomic E-state index is 4.74. The Kier molecular flexibility index (Phi) is 4.99. The molecule has 0 amide bonds. The van der Waals surface area contributed by atoms with Crippen LogP contribution in [0, 0.1) is 0 Å². The van der Waals surface area contributed by atoms with E-state index in [-0.39, 0.29) is 5.41 Å². The molecule has 0 radical (unpaired) electrons. The van der Waals surface area contributed by atoms with Gasteiger partial charge >= 0.3 is 0 Å². The fourth-order valence-electron chi connectivity index (χ4n) is 3.90. The second kappa shape index (κ2) is 7.12. The molecule has 0 saturated carbocycles. The molecule has 2 fully saturated rings. The lowest BCUT2D eigenvalue weighted by Crippen LogP contribution is -2.50. The SMILES string of the molecule is CC(C)c1cnc(N2CCC2CC(C)(C)c2cnc(N3CCCC3)s2)s1. The Bertz CT molecular complexity index is 743. The zero-order valence-corrected chi connectivity index (χ0v) is 18.0. The molecule has 0 aromatic carbocycles. The van der Waals surface area contributed by atoms with Gasteiger partial charge in [-0.1, -0.05) is 27.7 Å². The van der Waals surface area contributed by atoms with Crippen LogP contribution in [0.4, 0.5) is 10.3 Å². The molecule has 0 aliphatic carbocycles. The highest BCUT2D eigenvalue weighted by Crippen LogP contribution is 2.41. The van der Waals surface area contributed by atoms with Crippen molar-refractivity contribution in [3.63, 3.8) is 0 Å². The van der Waals surface area contributed by atoms with Gasteiger partial charge in [-0.05, 0) is 31.6 Å². The van der Waals surface area contributed by atoms with Gasteiger partial charge in [0.1, 0.15) is 0 Å². The minimum Gasteiger partial charge on any atom is -0.348 e. The molecule has 4 rings (SSSR count). The second-order valence-electron chi connectivity index (χ2n) is 8.63. The molecule has 0 spiro atoms. The maximum atomic E-state index is 4.74. The first-order valence-electron chi connectivity index (χ1n) is 9.87. The summed E-state index contributed by atoms with van der Waals surface area (Å²) in [4.78, 5) is 17.2. The molecule has 142 valence electrons. The van der Waals surface area contributed by atoms with Crippen LogP contribution in [0.25, 0.3) is 0 Å². The van der Waals surface area contributed by atoms with Crippen molar-refractivity contribution >= 4 is 32.9 Å². The Morgan fingerprint density at radius 1 is 1.08 bits per heavy atom. The molecular formula is C20H30N4S2. The minimum absolute atomic E-state index is 0.164. The van der Waals surface area contributed by atoms with Crippen LogP contribution in [0.1, 0.15) is 69.1 Å². The van der Waals surface area contributed by atoms with Crippen LogP contribution in [0.2, 0.25) is 0 Å². The molecule has 0 N–H and O–H groups in total. The van der Waals surface area contributed by atoms with E-state index < -0.39 is 0 Å². The van der Waals surface area contributed by atoms with Gasteiger partial charge in [0, 0.05) is 53.2 Å². The van der Waals surface area contributed by atoms with Gasteiger partial charge in [0.15, 0.2) is 10.3 Å². The normalized spacial score (nSPS) is 20.9. The summed E-state index contributed by atoms with van der Waals surface area (Å²) in [6.45, 7) is 12.7. The smallest absolute Gasteiger partial charge is 0.185 e. The van der Waals surface area contributed by atoms with Crippen molar-refractivity contribution < 1.29 is 0 Å². The first-order chi connectivity index (χ1) is 12.4. The van der Waals surface area contributed by atoms with E-state index >= 15 is 0 Å². The van der Waals surface area contributed by atoms with Crippen molar-refractivity contribution in [1.82, 2.24) is 9.97 Å². The average molecular weight is 391 g/mol. The first kappa shape index (κ1) is 18.2. The zero-order chi connectivity index (χ0) is 18.3. The largest absolute Gasteiger partial charge is 0.348 e. The van der Waals surface area contributed by atoms with Crippen LogP contribution in [0.15, 0.2) is 12.4 Å². The van der Waals surface area contributed by atoms with Crippen molar-refractivity contribution in [3.05, 3.63) is 22.1 Å². The number of rotatable bonds is 6. The quantitative estimate of drug-likeness (QED) is 0.672. The van der Waals surface area contributed by atoms with Crippen molar-refractivity contribution in [1.29, 1.82) is 0 Å². The summed E-state index contributed by atoms with van der Waals surface area (Å²) in [5, 5.41) is 2.43. The average Bonchev–Trinajstić information content (AvgIpc) is 3.30. The van der Waals surface area contributed by atoms with Crippen LogP contribution < -0.4 is 9.80 Å². The molecule has 4 nitrogen and oxygen atoms in total. The van der Waals surface area contributed by atoms with Gasteiger partial charge in [0.2, 0.25) is 0 Å². The number of hydrogen-bond donors (Lipinski definition) is 0. The molecule has 2 aromatic heterocycles. The fraction of sp³-hybridized carbons (Fsp3) is 0.700. The molecular weight excluding hydrogens is 360 g/mol. The van der Waals surface area contributed by atoms with E-state index in [4.69, 9.17) is 9.97 Å². The molecule has 2 saturated heterocycles. The standard InChI is InChI=1S/C20H30N4S2/c1-14(2)16-12-21-19(25-16)24-10-7-15(24)11-20(3,4)17-13-22-18(26-17)23-8-5-6-9-23/h12-15H,5-11H2,1-4H3. The van der Waals surface area contributed by atoms with Crippen LogP contribution in [0.3, 0.4) is 0 Å². The van der Waals surface area contributed by atoms with E-state index in [1.807, 2.05) is 22.7 Å². The lowest BCUT2D eigenvalue weighted by Gasteiger charge is -2.44. The Morgan fingerprint density at radius 3 is 2.42 bits per heavy atom. The number of thiazole rings is 2. The molecule has 1 unspecified atom stereocenters. The summed E-state index contributed by atoms with van der Waals surface area (Å²) >= 11 is 3.77. The minimum atomic E-state index is 0.164. The highest BCUT2D eigenvalue weighted by molar-refractivity contribution is 7.16. The third-order valence-corrected chi connectivity index (χ3v) is 8.51. The lowest BCUT2D eigenvalue weighted by molar-refractivity contribution is 0.341. The van der Waals surface area contributed by atoms with Crippen LogP contribution in [-0.2, 0) is 5.41 Å². The summed E-state index contributed by atoms with van der Waals surface area (Å²) in [6.07, 6.45) is 9.25. The predicted molar refractivity (Wildman–Crippen MR) is 113 cm³/mol. The predicted octanol–water partition coefficient (Wildman–Crippen LogP) is 5.27. The third-order valence-electron chi connectivity index (χ3n) is 5.75. The van der Waals surface area contributed by atoms with E-state index in [0.717, 1.165) is 6.54 Å². The summed E-state index contributed by atoms with van der Waals surface area (Å²) in [5.41, 5.74) is 0.164. The van der Waals surface area contributed by atoms with Crippen LogP contribution in [-0.4, -0.2) is 35.6 Å². The monoisotopic (exact) mass is 390 g/mol. The Balaban J connectivity index is 1.43. The van der Waals surface area contributed by atoms with Gasteiger partial charge in [-0.3, -0.25) is 0 Å². The lowest BCUT2D eigenvalue weighted by atomic mass is 9.81. The van der Waals surface area contributed by atoms with Crippen LogP contribution >= 0.6 is 22.7 Å². The van der Waals surface area contributed by atoms with Crippen LogP contribution in [0.5, 0.6) is 0 Å². The van der Waals surface area contributed by atoms with E-state index in [2.05, 4.69) is 49.9 Å². The van der Waals surface area contributed by atoms with Crippen molar-refractivity contribution in [2.75, 3.05) is 29.4 Å². The highest BCUT2D eigenvalue weighted by atomic mass is 32.1. The molecule has 0 bridgehead atoms. The van der Waals surface area contributed by atoms with E-state index in [9.17, 15) is 0 Å². The summed E-state index contributed by atoms with van der Waals surface area (Å²) < 4.78 is 0. The topological polar surface area (TPSA) is 32.3 Å². The number of nitrogens with zero attached hydrogens (tertiary/aromatic N) is 4. The second-order valence-corrected chi connectivity index (χ2v) is 10.7. The third kappa shape index (κ3) is 3.50. The summed E-state index contributed by atoms with van der Waals surface area (Å²) in [6, 6.07) is 0.605. The van der Waals surface area contributed by atoms with Crippen molar-refractivity contribution in [2.45, 2.75) is 70.8 Å². The molecule has 4 heterocycles. The van der Waals surface area contributed by atoms with Gasteiger partial charge in [-0.25, -0.2) is 9.97 Å². The van der Waals surface area contributed by atoms with Gasteiger partial charge in [0.25, 0.3) is 0 Å². The fourth-order valence-corrected chi connectivity index (χ4v) is 6.00. The maximum Gasteiger partial charge on any atom is 0.185 e. The highest BCUT2D eigenvalue weighted by Gasteiger charge is 2.37. The summed E-state index contributed by atoms with van der Waals surface area (Å²) in [7, 11) is 0. The van der Waals surface area contributed by atoms with Crippen molar-refractivity contribution in [2.24, 2.45) is 0 Å². The Morgan fingerprint density at radius 2 is 1.81 bits per heavy atom. The van der Waals surface area contributed by atoms with Gasteiger partial charge in [-0.15, -0.1) is 22.7 Å². The molecule has 2 aliphatic rings. The van der Waals surface area contributed by atoms with E-state index in [1.54, 1.807) is 0 Å². The first-order valence-corrected chi connectivity index (χ1v) is 11.5. The number of anilines is 2. The number of hydrogen-bond acceptors (Lipinski definition) is 6. The van der Waals surface area contributed by atoms with Gasteiger partial charge < -0.3 is 9.80 Å². The zero-order valence-electron chi connectivity index (χ0n) is 16.4. The molecule has 2 aliphatic heterocycles. The Hall–Kier alpha value is -1.14. The van der Waals surface area contributed by atoms with Crippen molar-refractivity contribution in [3.8, 4) is 0 Å². The van der Waals surface area contributed by atoms with Gasteiger partial charge in [0.05, 0.1) is 0 Å². The summed E-state index contributed by atoms with van der Waals surface area (Å²) in [5.74, 6) is 0.568. The van der Waals surface area contributed by atoms with E-state index in [0.29, 0.717) is 12.0 Å². The molecule has 6 heteroatoms. The molecule has 2 aromatic rings. The molecule has 1 atom stereocenters. The van der Waals surface area contributed by atoms with E-state index in [1.165, 1.54) is 58.8 Å². The number of aromatic nitrogens is 2. The van der Waals surface area contributed by atoms with Gasteiger partial charge in [-0.2, -0.15) is 0 Å². The molecule has 26 heavy (non-hydrogen) atoms. The Labute approximate surface area is 165 Å².